The van der Waals surface area contributed by atoms with Crippen molar-refractivity contribution in [2.45, 2.75) is 32.0 Å². The van der Waals surface area contributed by atoms with Gasteiger partial charge in [-0.2, -0.15) is 0 Å². The van der Waals surface area contributed by atoms with Crippen LogP contribution in [-0.4, -0.2) is 26.4 Å². The predicted molar refractivity (Wildman–Crippen MR) is 126 cm³/mol. The molecule has 1 aromatic heterocycles. The number of halogens is 2. The number of rotatable bonds is 8. The Morgan fingerprint density at radius 2 is 2.03 bits per heavy atom. The molecule has 2 aromatic carbocycles. The highest BCUT2D eigenvalue weighted by Crippen LogP contribution is 2.30. The van der Waals surface area contributed by atoms with E-state index in [-0.39, 0.29) is 11.7 Å². The zero-order chi connectivity index (χ0) is 21.7. The number of aryl methyl sites for hydroxylation is 2. The summed E-state index contributed by atoms with van der Waals surface area (Å²) in [5, 5.41) is 13.1. The lowest BCUT2D eigenvalue weighted by molar-refractivity contribution is -0.113. The molecule has 0 bridgehead atoms. The van der Waals surface area contributed by atoms with Crippen LogP contribution in [-0.2, 0) is 17.8 Å². The number of amides is 1. The molecule has 30 heavy (non-hydrogen) atoms. The molecule has 0 unspecified atom stereocenters. The van der Waals surface area contributed by atoms with Crippen LogP contribution >= 0.6 is 35.0 Å². The average molecular weight is 461 g/mol. The van der Waals surface area contributed by atoms with E-state index in [9.17, 15) is 4.79 Å². The van der Waals surface area contributed by atoms with E-state index in [4.69, 9.17) is 23.2 Å². The van der Waals surface area contributed by atoms with Crippen molar-refractivity contribution in [1.29, 1.82) is 0 Å². The molecule has 0 saturated carbocycles. The van der Waals surface area contributed by atoms with E-state index in [1.54, 1.807) is 18.2 Å². The first-order chi connectivity index (χ1) is 14.4. The molecule has 1 amide bonds. The Morgan fingerprint density at radius 1 is 1.23 bits per heavy atom. The van der Waals surface area contributed by atoms with Crippen molar-refractivity contribution in [2.24, 2.45) is 0 Å². The van der Waals surface area contributed by atoms with Crippen LogP contribution in [0.15, 0.2) is 54.2 Å². The Labute approximate surface area is 190 Å². The Balaban J connectivity index is 1.77. The van der Waals surface area contributed by atoms with Crippen LogP contribution in [0.2, 0.25) is 10.0 Å². The number of anilines is 1. The molecule has 0 saturated heterocycles. The predicted octanol–water partition coefficient (Wildman–Crippen LogP) is 6.04. The first-order valence-corrected chi connectivity index (χ1v) is 11.2. The second-order valence-electron chi connectivity index (χ2n) is 6.63. The van der Waals surface area contributed by atoms with Gasteiger partial charge in [0.2, 0.25) is 5.91 Å². The molecule has 0 aliphatic heterocycles. The minimum absolute atomic E-state index is 0.0896. The van der Waals surface area contributed by atoms with E-state index < -0.39 is 0 Å². The summed E-state index contributed by atoms with van der Waals surface area (Å²) < 4.78 is 1.90. The lowest BCUT2D eigenvalue weighted by Crippen LogP contribution is -2.16. The third-order valence-corrected chi connectivity index (χ3v) is 6.25. The number of para-hydroxylation sites is 1. The first kappa shape index (κ1) is 22.4. The van der Waals surface area contributed by atoms with Crippen LogP contribution in [0.3, 0.4) is 0 Å². The fraction of sp³-hybridized carbons (Fsp3) is 0.227. The fourth-order valence-corrected chi connectivity index (χ4v) is 4.09. The minimum Gasteiger partial charge on any atom is -0.325 e. The molecule has 1 N–H and O–H groups in total. The average Bonchev–Trinajstić information content (AvgIpc) is 3.13. The maximum absolute atomic E-state index is 12.6. The number of thioether (sulfide) groups is 1. The molecule has 0 fully saturated rings. The molecule has 5 nitrogen and oxygen atoms in total. The highest BCUT2D eigenvalue weighted by molar-refractivity contribution is 7.99. The van der Waals surface area contributed by atoms with Crippen LogP contribution < -0.4 is 5.32 Å². The Morgan fingerprint density at radius 3 is 2.73 bits per heavy atom. The number of aromatic nitrogens is 3. The lowest BCUT2D eigenvalue weighted by atomic mass is 10.1. The standard InChI is InChI=1S/C22H22Cl2N4OS/c1-4-11-28-21(16-9-10-17(23)18(24)12-16)26-27-22(28)30-13-19(29)25-20-14(3)7-6-8-15(20)5-2/h4,6-10,12H,1,5,11,13H2,2-3H3,(H,25,29). The van der Waals surface area contributed by atoms with Gasteiger partial charge in [-0.1, -0.05) is 66.2 Å². The van der Waals surface area contributed by atoms with Crippen molar-refractivity contribution in [3.05, 3.63) is 70.2 Å². The molecule has 1 heterocycles. The maximum atomic E-state index is 12.6. The smallest absolute Gasteiger partial charge is 0.234 e. The highest BCUT2D eigenvalue weighted by Gasteiger charge is 2.16. The molecule has 0 atom stereocenters. The topological polar surface area (TPSA) is 59.8 Å². The second-order valence-corrected chi connectivity index (χ2v) is 8.39. The third kappa shape index (κ3) is 5.06. The van der Waals surface area contributed by atoms with E-state index in [1.807, 2.05) is 35.8 Å². The zero-order valence-electron chi connectivity index (χ0n) is 16.8. The molecule has 8 heteroatoms. The van der Waals surface area contributed by atoms with E-state index in [0.29, 0.717) is 27.6 Å². The Bertz CT molecular complexity index is 1080. The number of hydrogen-bond acceptors (Lipinski definition) is 4. The summed E-state index contributed by atoms with van der Waals surface area (Å²) in [5.41, 5.74) is 3.84. The van der Waals surface area contributed by atoms with Gasteiger partial charge < -0.3 is 5.32 Å². The normalized spacial score (nSPS) is 10.8. The Kier molecular flexibility index (Phi) is 7.58. The molecule has 3 aromatic rings. The van der Waals surface area contributed by atoms with Gasteiger partial charge in [0.05, 0.1) is 15.8 Å². The van der Waals surface area contributed by atoms with Gasteiger partial charge in [-0.15, -0.1) is 16.8 Å². The van der Waals surface area contributed by atoms with Crippen LogP contribution in [0, 0.1) is 6.92 Å². The quantitative estimate of drug-likeness (QED) is 0.328. The molecular weight excluding hydrogens is 439 g/mol. The van der Waals surface area contributed by atoms with Crippen LogP contribution in [0.25, 0.3) is 11.4 Å². The van der Waals surface area contributed by atoms with Crippen molar-refractivity contribution in [3.8, 4) is 11.4 Å². The Hall–Kier alpha value is -2.28. The van der Waals surface area contributed by atoms with Crippen LogP contribution in [0.1, 0.15) is 18.1 Å². The summed E-state index contributed by atoms with van der Waals surface area (Å²) in [5.74, 6) is 0.769. The molecule has 0 aliphatic rings. The molecule has 3 rings (SSSR count). The largest absolute Gasteiger partial charge is 0.325 e. The van der Waals surface area contributed by atoms with Crippen LogP contribution in [0.5, 0.6) is 0 Å². The number of benzene rings is 2. The van der Waals surface area contributed by atoms with Crippen molar-refractivity contribution in [1.82, 2.24) is 14.8 Å². The molecular formula is C22H22Cl2N4OS. The van der Waals surface area contributed by atoms with Gasteiger partial charge in [0.1, 0.15) is 0 Å². The SMILES string of the molecule is C=CCn1c(SCC(=O)Nc2c(C)cccc2CC)nnc1-c1ccc(Cl)c(Cl)c1. The summed E-state index contributed by atoms with van der Waals surface area (Å²) in [4.78, 5) is 12.6. The van der Waals surface area contributed by atoms with Crippen molar-refractivity contribution in [3.63, 3.8) is 0 Å². The van der Waals surface area contributed by atoms with Gasteiger partial charge in [0.15, 0.2) is 11.0 Å². The lowest BCUT2D eigenvalue weighted by Gasteiger charge is -2.13. The van der Waals surface area contributed by atoms with E-state index in [0.717, 1.165) is 28.8 Å². The number of nitrogens with zero attached hydrogens (tertiary/aromatic N) is 3. The number of hydrogen-bond donors (Lipinski definition) is 1. The third-order valence-electron chi connectivity index (χ3n) is 4.54. The number of nitrogens with one attached hydrogen (secondary N) is 1. The molecule has 0 spiro atoms. The zero-order valence-corrected chi connectivity index (χ0v) is 19.1. The molecule has 156 valence electrons. The van der Waals surface area contributed by atoms with Crippen LogP contribution in [0.4, 0.5) is 5.69 Å². The van der Waals surface area contributed by atoms with Gasteiger partial charge >= 0.3 is 0 Å². The second kappa shape index (κ2) is 10.2. The number of allylic oxidation sites excluding steroid dienone is 1. The first-order valence-electron chi connectivity index (χ1n) is 9.45. The summed E-state index contributed by atoms with van der Waals surface area (Å²) in [6.07, 6.45) is 2.61. The van der Waals surface area contributed by atoms with Crippen molar-refractivity contribution < 1.29 is 4.79 Å². The number of carbonyl (C=O) groups excluding carboxylic acids is 1. The van der Waals surface area contributed by atoms with Crippen molar-refractivity contribution >= 4 is 46.6 Å². The van der Waals surface area contributed by atoms with E-state index in [2.05, 4.69) is 29.0 Å². The summed E-state index contributed by atoms with van der Waals surface area (Å²) in [7, 11) is 0. The van der Waals surface area contributed by atoms with E-state index >= 15 is 0 Å². The van der Waals surface area contributed by atoms with Gasteiger partial charge in [-0.25, -0.2) is 0 Å². The van der Waals surface area contributed by atoms with Gasteiger partial charge in [-0.05, 0) is 42.7 Å². The van der Waals surface area contributed by atoms with Gasteiger partial charge in [-0.3, -0.25) is 9.36 Å². The summed E-state index contributed by atoms with van der Waals surface area (Å²) in [6.45, 7) is 8.38. The molecule has 0 radical (unpaired) electrons. The monoisotopic (exact) mass is 460 g/mol. The summed E-state index contributed by atoms with van der Waals surface area (Å²) in [6, 6.07) is 11.3. The van der Waals surface area contributed by atoms with Crippen molar-refractivity contribution in [2.75, 3.05) is 11.1 Å². The number of carbonyl (C=O) groups is 1. The molecule has 0 aliphatic carbocycles. The van der Waals surface area contributed by atoms with Gasteiger partial charge in [0.25, 0.3) is 0 Å². The minimum atomic E-state index is -0.0896. The fourth-order valence-electron chi connectivity index (χ4n) is 3.05. The summed E-state index contributed by atoms with van der Waals surface area (Å²) >= 11 is 13.5. The van der Waals surface area contributed by atoms with Gasteiger partial charge in [0, 0.05) is 17.8 Å². The van der Waals surface area contributed by atoms with E-state index in [1.165, 1.54) is 11.8 Å². The highest BCUT2D eigenvalue weighted by atomic mass is 35.5. The maximum Gasteiger partial charge on any atom is 0.234 e.